The van der Waals surface area contributed by atoms with Crippen molar-refractivity contribution in [2.45, 2.75) is 37.8 Å². The number of carbonyl (C=O) groups excluding carboxylic acids is 2. The Bertz CT molecular complexity index is 933. The summed E-state index contributed by atoms with van der Waals surface area (Å²) in [7, 11) is -4.29. The largest absolute Gasteiger partial charge is 0.463 e. The molecule has 10 nitrogen and oxygen atoms in total. The molecule has 0 aliphatic carbocycles. The summed E-state index contributed by atoms with van der Waals surface area (Å²) in [6.45, 7) is 5.24. The van der Waals surface area contributed by atoms with Crippen molar-refractivity contribution in [2.75, 3.05) is 13.2 Å². The molecule has 0 radical (unpaired) electrons. The lowest BCUT2D eigenvalue weighted by Crippen LogP contribution is -2.27. The summed E-state index contributed by atoms with van der Waals surface area (Å²) in [6.07, 6.45) is 2.72. The molecule has 1 aromatic carbocycles. The van der Waals surface area contributed by atoms with Crippen LogP contribution < -0.4 is 0 Å². The average Bonchev–Trinajstić information content (AvgIpc) is 2.69. The van der Waals surface area contributed by atoms with Crippen molar-refractivity contribution in [1.29, 1.82) is 0 Å². The molecule has 0 amide bonds. The lowest BCUT2D eigenvalue weighted by molar-refractivity contribution is -0.138. The number of aryl methyl sites for hydroxylation is 1. The van der Waals surface area contributed by atoms with Crippen molar-refractivity contribution in [3.8, 4) is 0 Å². The second-order valence-corrected chi connectivity index (χ2v) is 7.32. The van der Waals surface area contributed by atoms with Gasteiger partial charge in [-0.3, -0.25) is 4.18 Å². The smallest absolute Gasteiger partial charge is 0.330 e. The molecule has 0 aliphatic rings. The first-order valence-electron chi connectivity index (χ1n) is 8.97. The first-order chi connectivity index (χ1) is 14.2. The van der Waals surface area contributed by atoms with Gasteiger partial charge in [0.1, 0.15) is 6.10 Å². The Labute approximate surface area is 174 Å². The van der Waals surface area contributed by atoms with Crippen LogP contribution >= 0.6 is 0 Å². The first kappa shape index (κ1) is 24.9. The summed E-state index contributed by atoms with van der Waals surface area (Å²) in [5, 5.41) is 3.47. The SMILES string of the molecule is CCOC(=O)/C=C/[C@H](N=[N+]=[N-])[C@@H](/C=C/C(=O)OCC)OS(=O)(=O)c1ccc(C)cc1. The Morgan fingerprint density at radius 3 is 2.10 bits per heavy atom. The third-order valence-electron chi connectivity index (χ3n) is 3.49. The van der Waals surface area contributed by atoms with Gasteiger partial charge in [0, 0.05) is 17.1 Å². The number of azide groups is 1. The van der Waals surface area contributed by atoms with E-state index < -0.39 is 34.2 Å². The quantitative estimate of drug-likeness (QED) is 0.129. The second-order valence-electron chi connectivity index (χ2n) is 5.75. The molecule has 0 spiro atoms. The van der Waals surface area contributed by atoms with Gasteiger partial charge in [0.25, 0.3) is 10.1 Å². The molecular formula is C19H23N3O7S. The highest BCUT2D eigenvalue weighted by Gasteiger charge is 2.26. The van der Waals surface area contributed by atoms with Crippen LogP contribution in [0.5, 0.6) is 0 Å². The predicted molar refractivity (Wildman–Crippen MR) is 108 cm³/mol. The van der Waals surface area contributed by atoms with Crippen LogP contribution in [-0.4, -0.2) is 45.7 Å². The molecule has 1 aromatic rings. The van der Waals surface area contributed by atoms with Gasteiger partial charge in [-0.15, -0.1) is 0 Å². The van der Waals surface area contributed by atoms with Crippen LogP contribution in [-0.2, 0) is 33.4 Å². The minimum absolute atomic E-state index is 0.110. The Morgan fingerprint density at radius 2 is 1.60 bits per heavy atom. The zero-order valence-electron chi connectivity index (χ0n) is 16.8. The molecule has 11 heteroatoms. The number of benzene rings is 1. The van der Waals surface area contributed by atoms with Crippen molar-refractivity contribution in [1.82, 2.24) is 0 Å². The van der Waals surface area contributed by atoms with Crippen LogP contribution in [0.15, 0.2) is 58.6 Å². The van der Waals surface area contributed by atoms with Gasteiger partial charge in [-0.25, -0.2) is 9.59 Å². The number of hydrogen-bond donors (Lipinski definition) is 0. The maximum atomic E-state index is 12.7. The molecule has 0 N–H and O–H groups in total. The number of hydrogen-bond acceptors (Lipinski definition) is 8. The molecule has 0 fully saturated rings. The van der Waals surface area contributed by atoms with Gasteiger partial charge < -0.3 is 9.47 Å². The van der Waals surface area contributed by atoms with Gasteiger partial charge in [0.15, 0.2) is 0 Å². The number of carbonyl (C=O) groups is 2. The lowest BCUT2D eigenvalue weighted by Gasteiger charge is -2.18. The number of rotatable bonds is 11. The zero-order valence-corrected chi connectivity index (χ0v) is 17.6. The summed E-state index contributed by atoms with van der Waals surface area (Å²) in [4.78, 5) is 25.7. The topological polar surface area (TPSA) is 145 Å². The molecule has 1 rings (SSSR count). The molecule has 162 valence electrons. The first-order valence-corrected chi connectivity index (χ1v) is 10.4. The minimum Gasteiger partial charge on any atom is -0.463 e. The van der Waals surface area contributed by atoms with Gasteiger partial charge in [0.2, 0.25) is 0 Å². The normalized spacial score (nSPS) is 13.6. The fourth-order valence-electron chi connectivity index (χ4n) is 2.11. The van der Waals surface area contributed by atoms with E-state index in [9.17, 15) is 18.0 Å². The lowest BCUT2D eigenvalue weighted by atomic mass is 10.1. The van der Waals surface area contributed by atoms with Crippen molar-refractivity contribution >= 4 is 22.1 Å². The fraction of sp³-hybridized carbons (Fsp3) is 0.368. The van der Waals surface area contributed by atoms with E-state index in [2.05, 4.69) is 10.0 Å². The molecule has 0 aliphatic heterocycles. The molecule has 0 aromatic heterocycles. The van der Waals surface area contributed by atoms with Crippen LogP contribution in [0.3, 0.4) is 0 Å². The highest BCUT2D eigenvalue weighted by molar-refractivity contribution is 7.86. The Hall–Kier alpha value is -3.14. The maximum absolute atomic E-state index is 12.7. The summed E-state index contributed by atoms with van der Waals surface area (Å²) < 4.78 is 40.0. The standard InChI is InChI=1S/C19H23N3O7S/c1-4-27-18(23)12-10-16(21-22-20)17(11-13-19(24)28-5-2)29-30(25,26)15-8-6-14(3)7-9-15/h6-13,16-17H,4-5H2,1-3H3/b12-10+,13-11+/t16-,17+/m0/s1. The van der Waals surface area contributed by atoms with Gasteiger partial charge in [-0.1, -0.05) is 28.9 Å². The molecule has 0 saturated carbocycles. The Morgan fingerprint density at radius 1 is 1.07 bits per heavy atom. The third-order valence-corrected chi connectivity index (χ3v) is 4.82. The van der Waals surface area contributed by atoms with E-state index >= 15 is 0 Å². The van der Waals surface area contributed by atoms with Crippen LogP contribution in [0.4, 0.5) is 0 Å². The Balaban J connectivity index is 3.27. The van der Waals surface area contributed by atoms with E-state index in [0.29, 0.717) is 0 Å². The van der Waals surface area contributed by atoms with E-state index in [1.165, 1.54) is 12.1 Å². The van der Waals surface area contributed by atoms with Gasteiger partial charge in [-0.05, 0) is 44.5 Å². The monoisotopic (exact) mass is 437 g/mol. The number of nitrogens with zero attached hydrogens (tertiary/aromatic N) is 3. The van der Waals surface area contributed by atoms with E-state index in [-0.39, 0.29) is 18.1 Å². The van der Waals surface area contributed by atoms with Crippen molar-refractivity contribution < 1.29 is 31.7 Å². The van der Waals surface area contributed by atoms with E-state index in [1.807, 2.05) is 0 Å². The van der Waals surface area contributed by atoms with E-state index in [4.69, 9.17) is 19.2 Å². The third kappa shape index (κ3) is 8.48. The molecule has 2 atom stereocenters. The van der Waals surface area contributed by atoms with Gasteiger partial charge >= 0.3 is 11.9 Å². The van der Waals surface area contributed by atoms with Crippen molar-refractivity contribution in [3.05, 3.63) is 64.6 Å². The molecular weight excluding hydrogens is 414 g/mol. The summed E-state index contributed by atoms with van der Waals surface area (Å²) in [5.41, 5.74) is 9.69. The number of esters is 2. The molecule has 0 bridgehead atoms. The number of ether oxygens (including phenoxy) is 2. The Kier molecular flexibility index (Phi) is 10.3. The molecule has 0 saturated heterocycles. The summed E-state index contributed by atoms with van der Waals surface area (Å²) in [6, 6.07) is 4.61. The maximum Gasteiger partial charge on any atom is 0.330 e. The second kappa shape index (κ2) is 12.4. The highest BCUT2D eigenvalue weighted by atomic mass is 32.2. The summed E-state index contributed by atoms with van der Waals surface area (Å²) >= 11 is 0. The van der Waals surface area contributed by atoms with E-state index in [0.717, 1.165) is 29.9 Å². The summed E-state index contributed by atoms with van der Waals surface area (Å²) in [5.74, 6) is -1.46. The zero-order chi connectivity index (χ0) is 22.6. The molecule has 0 heterocycles. The highest BCUT2D eigenvalue weighted by Crippen LogP contribution is 2.19. The van der Waals surface area contributed by atoms with Gasteiger partial charge in [-0.2, -0.15) is 8.42 Å². The van der Waals surface area contributed by atoms with Crippen LogP contribution in [0, 0.1) is 6.92 Å². The van der Waals surface area contributed by atoms with Crippen LogP contribution in [0.2, 0.25) is 0 Å². The van der Waals surface area contributed by atoms with Crippen LogP contribution in [0.1, 0.15) is 19.4 Å². The average molecular weight is 437 g/mol. The molecule has 0 unspecified atom stereocenters. The minimum atomic E-state index is -4.29. The van der Waals surface area contributed by atoms with Crippen molar-refractivity contribution in [3.63, 3.8) is 0 Å². The van der Waals surface area contributed by atoms with Crippen molar-refractivity contribution in [2.24, 2.45) is 5.11 Å². The van der Waals surface area contributed by atoms with E-state index in [1.54, 1.807) is 32.9 Å². The van der Waals surface area contributed by atoms with Gasteiger partial charge in [0.05, 0.1) is 24.2 Å². The van der Waals surface area contributed by atoms with Crippen LogP contribution in [0.25, 0.3) is 10.4 Å². The molecule has 30 heavy (non-hydrogen) atoms. The fourth-order valence-corrected chi connectivity index (χ4v) is 3.17. The predicted octanol–water partition coefficient (Wildman–Crippen LogP) is 2.99.